The molecule has 1 aromatic carbocycles. The van der Waals surface area contributed by atoms with Gasteiger partial charge in [-0.3, -0.25) is 16.2 Å². The smallest absolute Gasteiger partial charge is 0.300 e. The lowest BCUT2D eigenvalue weighted by atomic mass is 9.98. The van der Waals surface area contributed by atoms with Gasteiger partial charge in [-0.25, -0.2) is 4.39 Å². The molecule has 1 saturated heterocycles. The molecule has 8 heteroatoms. The number of hydrogen-bond donors (Lipinski definition) is 2. The van der Waals surface area contributed by atoms with Crippen molar-refractivity contribution in [3.63, 3.8) is 0 Å². The molecule has 1 fully saturated rings. The predicted molar refractivity (Wildman–Crippen MR) is 75.2 cm³/mol. The Morgan fingerprint density at radius 3 is 2.67 bits per heavy atom. The average Bonchev–Trinajstić information content (AvgIpc) is 2.40. The summed E-state index contributed by atoms with van der Waals surface area (Å²) >= 11 is 1.75. The van der Waals surface area contributed by atoms with Gasteiger partial charge in [0.25, 0.3) is 0 Å². The van der Waals surface area contributed by atoms with E-state index in [4.69, 9.17) is 5.84 Å². The summed E-state index contributed by atoms with van der Waals surface area (Å²) in [6.45, 7) is 0.858. The van der Waals surface area contributed by atoms with Crippen molar-refractivity contribution in [3.05, 3.63) is 35.1 Å². The number of rotatable bonds is 3. The number of likely N-dealkylation sites (N-methyl/N-ethyl adjacent to an activating group) is 1. The quantitative estimate of drug-likeness (QED) is 0.509. The van der Waals surface area contributed by atoms with E-state index in [0.29, 0.717) is 5.56 Å². The number of halogens is 4. The van der Waals surface area contributed by atoms with Crippen molar-refractivity contribution in [1.82, 2.24) is 10.3 Å². The molecule has 1 aliphatic rings. The summed E-state index contributed by atoms with van der Waals surface area (Å²) in [5.41, 5.74) is 1.76. The van der Waals surface area contributed by atoms with Crippen molar-refractivity contribution in [2.45, 2.75) is 18.3 Å². The highest BCUT2D eigenvalue weighted by Crippen LogP contribution is 2.33. The van der Waals surface area contributed by atoms with E-state index in [9.17, 15) is 17.6 Å². The molecule has 0 aliphatic carbocycles. The van der Waals surface area contributed by atoms with Gasteiger partial charge < -0.3 is 0 Å². The lowest BCUT2D eigenvalue weighted by molar-refractivity contribution is -0.140. The van der Waals surface area contributed by atoms with Crippen LogP contribution in [0.2, 0.25) is 0 Å². The van der Waals surface area contributed by atoms with Crippen LogP contribution in [-0.4, -0.2) is 36.0 Å². The summed E-state index contributed by atoms with van der Waals surface area (Å²) < 4.78 is 51.5. The molecular weight excluding hydrogens is 306 g/mol. The zero-order valence-electron chi connectivity index (χ0n) is 11.5. The van der Waals surface area contributed by atoms with Crippen LogP contribution >= 0.6 is 11.8 Å². The summed E-state index contributed by atoms with van der Waals surface area (Å²) in [7, 11) is 1.93. The maximum Gasteiger partial charge on any atom is 0.419 e. The van der Waals surface area contributed by atoms with Gasteiger partial charge in [0.05, 0.1) is 11.6 Å². The van der Waals surface area contributed by atoms with Crippen molar-refractivity contribution in [2.75, 3.05) is 25.1 Å². The molecular formula is C13H17F4N3S. The highest BCUT2D eigenvalue weighted by molar-refractivity contribution is 7.99. The number of benzene rings is 1. The number of alkyl halides is 3. The van der Waals surface area contributed by atoms with Crippen LogP contribution in [0.5, 0.6) is 0 Å². The molecule has 3 nitrogen and oxygen atoms in total. The molecule has 2 rings (SSSR count). The third-order valence-electron chi connectivity index (χ3n) is 3.67. The van der Waals surface area contributed by atoms with E-state index in [-0.39, 0.29) is 6.04 Å². The van der Waals surface area contributed by atoms with Gasteiger partial charge in [0.1, 0.15) is 5.82 Å². The number of hydrogen-bond acceptors (Lipinski definition) is 4. The molecule has 0 radical (unpaired) electrons. The normalized spacial score (nSPS) is 22.3. The number of hydrazine groups is 1. The molecule has 1 aromatic rings. The largest absolute Gasteiger partial charge is 0.419 e. The first-order chi connectivity index (χ1) is 9.84. The van der Waals surface area contributed by atoms with Crippen LogP contribution in [0.15, 0.2) is 18.2 Å². The van der Waals surface area contributed by atoms with Gasteiger partial charge in [-0.2, -0.15) is 24.9 Å². The van der Waals surface area contributed by atoms with E-state index in [1.807, 2.05) is 7.05 Å². The van der Waals surface area contributed by atoms with Crippen LogP contribution in [-0.2, 0) is 6.18 Å². The molecule has 21 heavy (non-hydrogen) atoms. The second-order valence-electron chi connectivity index (χ2n) is 5.00. The van der Waals surface area contributed by atoms with Crippen LogP contribution in [0.4, 0.5) is 17.6 Å². The lowest BCUT2D eigenvalue weighted by Crippen LogP contribution is -2.49. The molecule has 0 amide bonds. The Hall–Kier alpha value is -0.830. The maximum atomic E-state index is 13.7. The molecule has 1 heterocycles. The van der Waals surface area contributed by atoms with Crippen LogP contribution in [0.25, 0.3) is 0 Å². The highest BCUT2D eigenvalue weighted by Gasteiger charge is 2.35. The van der Waals surface area contributed by atoms with E-state index in [0.717, 1.165) is 30.2 Å². The van der Waals surface area contributed by atoms with Crippen molar-refractivity contribution < 1.29 is 17.6 Å². The zero-order valence-corrected chi connectivity index (χ0v) is 12.3. The van der Waals surface area contributed by atoms with Gasteiger partial charge in [0.15, 0.2) is 0 Å². The topological polar surface area (TPSA) is 41.3 Å². The number of nitrogens with zero attached hydrogens (tertiary/aromatic N) is 1. The molecule has 118 valence electrons. The lowest BCUT2D eigenvalue weighted by Gasteiger charge is -2.37. The minimum Gasteiger partial charge on any atom is -0.300 e. The summed E-state index contributed by atoms with van der Waals surface area (Å²) in [5.74, 6) is 6.05. The second kappa shape index (κ2) is 6.51. The molecule has 2 unspecified atom stereocenters. The molecule has 1 aliphatic heterocycles. The fourth-order valence-corrected chi connectivity index (χ4v) is 3.71. The first-order valence-electron chi connectivity index (χ1n) is 6.45. The zero-order chi connectivity index (χ0) is 15.6. The standard InChI is InChI=1S/C13H17F4N3S/c1-20-4-5-21-7-11(20)12(19-18)8-2-3-9(10(14)6-8)13(15,16)17/h2-3,6,11-12,19H,4-5,7,18H2,1H3. The molecule has 0 bridgehead atoms. The predicted octanol–water partition coefficient (Wildman–Crippen LogP) is 2.40. The van der Waals surface area contributed by atoms with Gasteiger partial charge in [-0.05, 0) is 24.7 Å². The third-order valence-corrected chi connectivity index (χ3v) is 4.71. The number of thioether (sulfide) groups is 1. The van der Waals surface area contributed by atoms with Gasteiger partial charge in [0.2, 0.25) is 0 Å². The second-order valence-corrected chi connectivity index (χ2v) is 6.15. The monoisotopic (exact) mass is 323 g/mol. The van der Waals surface area contributed by atoms with Crippen LogP contribution < -0.4 is 11.3 Å². The summed E-state index contributed by atoms with van der Waals surface area (Å²) in [5, 5.41) is 0. The summed E-state index contributed by atoms with van der Waals surface area (Å²) in [6.07, 6.45) is -4.69. The van der Waals surface area contributed by atoms with Gasteiger partial charge >= 0.3 is 6.18 Å². The SMILES string of the molecule is CN1CCSCC1C(NN)c1ccc(C(F)(F)F)c(F)c1. The highest BCUT2D eigenvalue weighted by atomic mass is 32.2. The minimum absolute atomic E-state index is 0.00452. The number of nitrogens with two attached hydrogens (primary N) is 1. The van der Waals surface area contributed by atoms with E-state index in [1.54, 1.807) is 11.8 Å². The Bertz CT molecular complexity index is 495. The summed E-state index contributed by atoms with van der Waals surface area (Å²) in [6, 6.07) is 2.55. The van der Waals surface area contributed by atoms with Crippen molar-refractivity contribution >= 4 is 11.8 Å². The van der Waals surface area contributed by atoms with Crippen LogP contribution in [0.1, 0.15) is 17.2 Å². The van der Waals surface area contributed by atoms with Crippen LogP contribution in [0, 0.1) is 5.82 Å². The van der Waals surface area contributed by atoms with E-state index >= 15 is 0 Å². The fraction of sp³-hybridized carbons (Fsp3) is 0.538. The van der Waals surface area contributed by atoms with E-state index in [2.05, 4.69) is 10.3 Å². The van der Waals surface area contributed by atoms with E-state index < -0.39 is 23.6 Å². The van der Waals surface area contributed by atoms with Gasteiger partial charge in [-0.15, -0.1) is 0 Å². The molecule has 3 N–H and O–H groups in total. The third kappa shape index (κ3) is 3.68. The summed E-state index contributed by atoms with van der Waals surface area (Å²) in [4.78, 5) is 2.08. The maximum absolute atomic E-state index is 13.7. The Labute approximate surface area is 124 Å². The first kappa shape index (κ1) is 16.5. The molecule has 2 atom stereocenters. The Kier molecular flexibility index (Phi) is 5.13. The molecule has 0 aromatic heterocycles. The Balaban J connectivity index is 2.28. The molecule has 0 saturated carbocycles. The Morgan fingerprint density at radius 2 is 2.14 bits per heavy atom. The first-order valence-corrected chi connectivity index (χ1v) is 7.61. The van der Waals surface area contributed by atoms with Crippen LogP contribution in [0.3, 0.4) is 0 Å². The Morgan fingerprint density at radius 1 is 1.43 bits per heavy atom. The average molecular weight is 323 g/mol. The van der Waals surface area contributed by atoms with Crippen molar-refractivity contribution in [3.8, 4) is 0 Å². The number of nitrogens with one attached hydrogen (secondary N) is 1. The van der Waals surface area contributed by atoms with E-state index in [1.165, 1.54) is 6.07 Å². The fourth-order valence-electron chi connectivity index (χ4n) is 2.44. The van der Waals surface area contributed by atoms with Crippen molar-refractivity contribution in [1.29, 1.82) is 0 Å². The van der Waals surface area contributed by atoms with Crippen molar-refractivity contribution in [2.24, 2.45) is 5.84 Å². The van der Waals surface area contributed by atoms with Gasteiger partial charge in [-0.1, -0.05) is 6.07 Å². The van der Waals surface area contributed by atoms with Gasteiger partial charge in [0, 0.05) is 24.1 Å². The minimum atomic E-state index is -4.69. The molecule has 0 spiro atoms.